The highest BCUT2D eigenvalue weighted by molar-refractivity contribution is 6.31. The molecule has 0 aliphatic heterocycles. The molecule has 0 fully saturated rings. The fourth-order valence-corrected chi connectivity index (χ4v) is 2.12. The lowest BCUT2D eigenvalue weighted by molar-refractivity contribution is -0.142. The quantitative estimate of drug-likeness (QED) is 0.815. The average Bonchev–Trinajstić information content (AvgIpc) is 2.66. The van der Waals surface area contributed by atoms with Gasteiger partial charge in [0, 0.05) is 31.8 Å². The van der Waals surface area contributed by atoms with Crippen LogP contribution in [0.3, 0.4) is 0 Å². The number of aromatic nitrogens is 2. The van der Waals surface area contributed by atoms with Crippen LogP contribution in [-0.4, -0.2) is 44.8 Å². The van der Waals surface area contributed by atoms with Crippen LogP contribution in [0.2, 0.25) is 5.15 Å². The molecule has 1 aromatic heterocycles. The number of carbonyl (C=O) groups excluding carboxylic acids is 1. The molecule has 0 saturated heterocycles. The first-order valence-electron chi connectivity index (χ1n) is 6.66. The molecular formula is C14H20ClN3O3. The van der Waals surface area contributed by atoms with Gasteiger partial charge in [-0.2, -0.15) is 5.10 Å². The first kappa shape index (κ1) is 17.2. The standard InChI is InChI=1S/C14H20ClN3O3/c1-5-18(8-9(2)14(20)21)12(19)7-6-11-10(3)16-17(4)13(11)15/h6-7,9H,5,8H2,1-4H3,(H,20,21). The van der Waals surface area contributed by atoms with Crippen LogP contribution < -0.4 is 0 Å². The van der Waals surface area contributed by atoms with E-state index in [1.807, 2.05) is 6.92 Å². The minimum absolute atomic E-state index is 0.175. The number of amides is 1. The summed E-state index contributed by atoms with van der Waals surface area (Å²) in [6, 6.07) is 0. The monoisotopic (exact) mass is 313 g/mol. The molecule has 0 bridgehead atoms. The van der Waals surface area contributed by atoms with Crippen LogP contribution in [0.4, 0.5) is 0 Å². The van der Waals surface area contributed by atoms with Gasteiger partial charge in [0.15, 0.2) is 0 Å². The highest BCUT2D eigenvalue weighted by Gasteiger charge is 2.18. The molecule has 0 saturated carbocycles. The Balaban J connectivity index is 2.82. The average molecular weight is 314 g/mol. The van der Waals surface area contributed by atoms with Gasteiger partial charge in [0.25, 0.3) is 0 Å². The molecule has 1 aromatic rings. The van der Waals surface area contributed by atoms with Crippen molar-refractivity contribution in [2.75, 3.05) is 13.1 Å². The van der Waals surface area contributed by atoms with Gasteiger partial charge in [-0.1, -0.05) is 18.5 Å². The number of aliphatic carboxylic acids is 1. The maximum absolute atomic E-state index is 12.1. The molecule has 1 atom stereocenters. The second-order valence-electron chi connectivity index (χ2n) is 4.86. The van der Waals surface area contributed by atoms with Gasteiger partial charge in [-0.3, -0.25) is 14.3 Å². The summed E-state index contributed by atoms with van der Waals surface area (Å²) >= 11 is 6.08. The lowest BCUT2D eigenvalue weighted by Gasteiger charge is -2.21. The molecule has 1 amide bonds. The van der Waals surface area contributed by atoms with Crippen LogP contribution >= 0.6 is 11.6 Å². The summed E-state index contributed by atoms with van der Waals surface area (Å²) in [5.41, 5.74) is 1.42. The number of carboxylic acid groups (broad SMARTS) is 1. The van der Waals surface area contributed by atoms with Crippen molar-refractivity contribution in [1.82, 2.24) is 14.7 Å². The number of aryl methyl sites for hydroxylation is 2. The van der Waals surface area contributed by atoms with Gasteiger partial charge >= 0.3 is 5.97 Å². The molecule has 0 aliphatic carbocycles. The van der Waals surface area contributed by atoms with Gasteiger partial charge in [0.2, 0.25) is 5.91 Å². The first-order valence-corrected chi connectivity index (χ1v) is 7.04. The SMILES string of the molecule is CCN(CC(C)C(=O)O)C(=O)C=Cc1c(C)nn(C)c1Cl. The van der Waals surface area contributed by atoms with Gasteiger partial charge in [-0.05, 0) is 19.9 Å². The molecule has 0 aromatic carbocycles. The summed E-state index contributed by atoms with van der Waals surface area (Å²) in [5.74, 6) is -1.77. The van der Waals surface area contributed by atoms with E-state index in [0.717, 1.165) is 5.69 Å². The predicted octanol–water partition coefficient (Wildman–Crippen LogP) is 1.96. The van der Waals surface area contributed by atoms with Crippen LogP contribution in [0, 0.1) is 12.8 Å². The molecule has 1 heterocycles. The minimum Gasteiger partial charge on any atom is -0.481 e. The third-order valence-electron chi connectivity index (χ3n) is 3.20. The first-order chi connectivity index (χ1) is 9.77. The van der Waals surface area contributed by atoms with Crippen LogP contribution in [-0.2, 0) is 16.6 Å². The van der Waals surface area contributed by atoms with Crippen molar-refractivity contribution in [3.05, 3.63) is 22.5 Å². The molecule has 1 N–H and O–H groups in total. The molecule has 0 aliphatic rings. The zero-order valence-corrected chi connectivity index (χ0v) is 13.4. The maximum Gasteiger partial charge on any atom is 0.308 e. The Labute approximate surface area is 129 Å². The van der Waals surface area contributed by atoms with Gasteiger partial charge in [0.1, 0.15) is 5.15 Å². The van der Waals surface area contributed by atoms with Crippen molar-refractivity contribution in [2.24, 2.45) is 13.0 Å². The lowest BCUT2D eigenvalue weighted by Crippen LogP contribution is -2.35. The fourth-order valence-electron chi connectivity index (χ4n) is 1.88. The Morgan fingerprint density at radius 1 is 1.52 bits per heavy atom. The summed E-state index contributed by atoms with van der Waals surface area (Å²) < 4.78 is 1.53. The molecule has 1 unspecified atom stereocenters. The topological polar surface area (TPSA) is 75.4 Å². The smallest absolute Gasteiger partial charge is 0.308 e. The summed E-state index contributed by atoms with van der Waals surface area (Å²) in [6.45, 7) is 5.81. The van der Waals surface area contributed by atoms with Gasteiger partial charge in [0.05, 0.1) is 11.6 Å². The summed E-state index contributed by atoms with van der Waals surface area (Å²) in [4.78, 5) is 24.5. The summed E-state index contributed by atoms with van der Waals surface area (Å²) in [7, 11) is 1.72. The number of nitrogens with zero attached hydrogens (tertiary/aromatic N) is 3. The maximum atomic E-state index is 12.1. The number of halogens is 1. The predicted molar refractivity (Wildman–Crippen MR) is 81.0 cm³/mol. The van der Waals surface area contributed by atoms with E-state index in [0.29, 0.717) is 17.3 Å². The molecule has 0 radical (unpaired) electrons. The van der Waals surface area contributed by atoms with Crippen molar-refractivity contribution < 1.29 is 14.7 Å². The second-order valence-corrected chi connectivity index (χ2v) is 5.22. The highest BCUT2D eigenvalue weighted by atomic mass is 35.5. The van der Waals surface area contributed by atoms with Crippen molar-refractivity contribution in [1.29, 1.82) is 0 Å². The van der Waals surface area contributed by atoms with E-state index in [9.17, 15) is 9.59 Å². The largest absolute Gasteiger partial charge is 0.481 e. The Hall–Kier alpha value is -1.82. The van der Waals surface area contributed by atoms with E-state index in [1.54, 1.807) is 27.0 Å². The molecule has 6 nitrogen and oxygen atoms in total. The molecule has 0 spiro atoms. The summed E-state index contributed by atoms with van der Waals surface area (Å²) in [6.07, 6.45) is 3.01. The molecule has 116 valence electrons. The molecular weight excluding hydrogens is 294 g/mol. The Kier molecular flexibility index (Phi) is 5.96. The highest BCUT2D eigenvalue weighted by Crippen LogP contribution is 2.20. The number of hydrogen-bond acceptors (Lipinski definition) is 3. The number of carboxylic acids is 1. The summed E-state index contributed by atoms with van der Waals surface area (Å²) in [5, 5.41) is 13.5. The normalized spacial score (nSPS) is 12.6. The van der Waals surface area contributed by atoms with Gasteiger partial charge in [-0.15, -0.1) is 0 Å². The van der Waals surface area contributed by atoms with Crippen LogP contribution in [0.15, 0.2) is 6.08 Å². The lowest BCUT2D eigenvalue weighted by atomic mass is 10.1. The van der Waals surface area contributed by atoms with Crippen molar-refractivity contribution in [3.63, 3.8) is 0 Å². The second kappa shape index (κ2) is 7.26. The van der Waals surface area contributed by atoms with Crippen molar-refractivity contribution in [2.45, 2.75) is 20.8 Å². The number of carbonyl (C=O) groups is 2. The van der Waals surface area contributed by atoms with E-state index in [-0.39, 0.29) is 12.5 Å². The Morgan fingerprint density at radius 3 is 2.57 bits per heavy atom. The number of rotatable bonds is 6. The Bertz CT molecular complexity index is 566. The minimum atomic E-state index is -0.920. The van der Waals surface area contributed by atoms with E-state index in [4.69, 9.17) is 16.7 Å². The third kappa shape index (κ3) is 4.32. The van der Waals surface area contributed by atoms with Crippen LogP contribution in [0.25, 0.3) is 6.08 Å². The van der Waals surface area contributed by atoms with Crippen LogP contribution in [0.5, 0.6) is 0 Å². The van der Waals surface area contributed by atoms with Crippen molar-refractivity contribution >= 4 is 29.6 Å². The zero-order chi connectivity index (χ0) is 16.2. The van der Waals surface area contributed by atoms with Gasteiger partial charge in [-0.25, -0.2) is 0 Å². The number of likely N-dealkylation sites (N-methyl/N-ethyl adjacent to an activating group) is 1. The molecule has 21 heavy (non-hydrogen) atoms. The van der Waals surface area contributed by atoms with Crippen LogP contribution in [0.1, 0.15) is 25.1 Å². The third-order valence-corrected chi connectivity index (χ3v) is 3.65. The molecule has 7 heteroatoms. The number of hydrogen-bond donors (Lipinski definition) is 1. The van der Waals surface area contributed by atoms with E-state index >= 15 is 0 Å². The Morgan fingerprint density at radius 2 is 2.14 bits per heavy atom. The van der Waals surface area contributed by atoms with Gasteiger partial charge < -0.3 is 10.0 Å². The molecule has 1 rings (SSSR count). The fraction of sp³-hybridized carbons (Fsp3) is 0.500. The van der Waals surface area contributed by atoms with E-state index in [1.165, 1.54) is 15.7 Å². The van der Waals surface area contributed by atoms with E-state index in [2.05, 4.69) is 5.10 Å². The zero-order valence-electron chi connectivity index (χ0n) is 12.6. The van der Waals surface area contributed by atoms with E-state index < -0.39 is 11.9 Å². The van der Waals surface area contributed by atoms with Crippen molar-refractivity contribution in [3.8, 4) is 0 Å².